The fraction of sp³-hybridized carbons (Fsp3) is 0.800. The van der Waals surface area contributed by atoms with Crippen LogP contribution in [0.1, 0.15) is 27.7 Å². The first-order valence-corrected chi connectivity index (χ1v) is 4.94. The summed E-state index contributed by atoms with van der Waals surface area (Å²) in [4.78, 5) is 22.1. The van der Waals surface area contributed by atoms with Crippen molar-refractivity contribution in [3.63, 3.8) is 0 Å². The van der Waals surface area contributed by atoms with Gasteiger partial charge in [-0.3, -0.25) is 9.59 Å². The summed E-state index contributed by atoms with van der Waals surface area (Å²) >= 11 is 0. The van der Waals surface area contributed by atoms with E-state index in [1.54, 1.807) is 6.92 Å². The van der Waals surface area contributed by atoms with E-state index in [0.717, 1.165) is 0 Å². The van der Waals surface area contributed by atoms with Crippen LogP contribution in [-0.2, 0) is 9.59 Å². The van der Waals surface area contributed by atoms with Crippen LogP contribution in [0.15, 0.2) is 0 Å². The number of carbonyl (C=O) groups excluding carboxylic acids is 2. The van der Waals surface area contributed by atoms with Crippen molar-refractivity contribution in [2.75, 3.05) is 13.2 Å². The van der Waals surface area contributed by atoms with Crippen LogP contribution >= 0.6 is 0 Å². The molecule has 15 heavy (non-hydrogen) atoms. The highest BCUT2D eigenvalue weighted by molar-refractivity contribution is 5.86. The average Bonchev–Trinajstić information content (AvgIpc) is 2.13. The highest BCUT2D eigenvalue weighted by Crippen LogP contribution is 2.10. The Morgan fingerprint density at radius 2 is 1.93 bits per heavy atom. The van der Waals surface area contributed by atoms with Crippen LogP contribution in [0.25, 0.3) is 0 Å². The van der Waals surface area contributed by atoms with Gasteiger partial charge >= 0.3 is 0 Å². The van der Waals surface area contributed by atoms with Crippen LogP contribution in [0.4, 0.5) is 0 Å². The van der Waals surface area contributed by atoms with E-state index in [1.165, 1.54) is 6.92 Å². The maximum Gasteiger partial charge on any atom is 0.242 e. The first kappa shape index (κ1) is 13.9. The van der Waals surface area contributed by atoms with Crippen LogP contribution in [0.5, 0.6) is 0 Å². The van der Waals surface area contributed by atoms with Crippen molar-refractivity contribution in [1.29, 1.82) is 0 Å². The predicted octanol–water partition coefficient (Wildman–Crippen LogP) is -0.354. The minimum absolute atomic E-state index is 0.00178. The van der Waals surface area contributed by atoms with Crippen molar-refractivity contribution < 1.29 is 14.7 Å². The molecule has 5 nitrogen and oxygen atoms in total. The summed E-state index contributed by atoms with van der Waals surface area (Å²) in [7, 11) is 0. The molecule has 2 amide bonds. The normalized spacial score (nSPS) is 13.1. The Morgan fingerprint density at radius 1 is 1.40 bits per heavy atom. The Kier molecular flexibility index (Phi) is 5.28. The number of hydrogen-bond donors (Lipinski definition) is 3. The molecule has 0 rings (SSSR count). The molecule has 0 saturated heterocycles. The molecule has 3 N–H and O–H groups in total. The van der Waals surface area contributed by atoms with Crippen molar-refractivity contribution in [3.8, 4) is 0 Å². The smallest absolute Gasteiger partial charge is 0.242 e. The number of hydrogen-bond acceptors (Lipinski definition) is 3. The lowest BCUT2D eigenvalue weighted by atomic mass is 9.95. The summed E-state index contributed by atoms with van der Waals surface area (Å²) in [6.07, 6.45) is 0. The van der Waals surface area contributed by atoms with Gasteiger partial charge in [-0.1, -0.05) is 13.8 Å². The molecular weight excluding hydrogens is 196 g/mol. The molecule has 0 heterocycles. The zero-order valence-corrected chi connectivity index (χ0v) is 9.76. The summed E-state index contributed by atoms with van der Waals surface area (Å²) in [5.41, 5.74) is -0.342. The number of nitrogens with one attached hydrogen (secondary N) is 2. The van der Waals surface area contributed by atoms with Crippen LogP contribution < -0.4 is 10.6 Å². The molecule has 0 radical (unpaired) electrons. The number of carbonyl (C=O) groups is 2. The van der Waals surface area contributed by atoms with Crippen molar-refractivity contribution >= 4 is 11.8 Å². The Labute approximate surface area is 90.2 Å². The van der Waals surface area contributed by atoms with E-state index < -0.39 is 6.04 Å². The zero-order valence-electron chi connectivity index (χ0n) is 9.76. The van der Waals surface area contributed by atoms with Crippen molar-refractivity contribution in [2.45, 2.75) is 33.7 Å². The quantitative estimate of drug-likeness (QED) is 0.587. The largest absolute Gasteiger partial charge is 0.396 e. The van der Waals surface area contributed by atoms with Gasteiger partial charge in [-0.25, -0.2) is 0 Å². The molecule has 88 valence electrons. The monoisotopic (exact) mass is 216 g/mol. The molecule has 0 bridgehead atoms. The van der Waals surface area contributed by atoms with E-state index in [2.05, 4.69) is 10.6 Å². The maximum absolute atomic E-state index is 11.4. The molecule has 0 spiro atoms. The minimum Gasteiger partial charge on any atom is -0.396 e. The van der Waals surface area contributed by atoms with Gasteiger partial charge in [-0.15, -0.1) is 0 Å². The van der Waals surface area contributed by atoms with E-state index in [4.69, 9.17) is 5.11 Å². The van der Waals surface area contributed by atoms with Gasteiger partial charge in [-0.2, -0.15) is 0 Å². The van der Waals surface area contributed by atoms with Crippen molar-refractivity contribution in [1.82, 2.24) is 10.6 Å². The van der Waals surface area contributed by atoms with Crippen molar-refractivity contribution in [3.05, 3.63) is 0 Å². The number of rotatable bonds is 5. The minimum atomic E-state index is -0.544. The third-order valence-electron chi connectivity index (χ3n) is 1.98. The maximum atomic E-state index is 11.4. The van der Waals surface area contributed by atoms with Gasteiger partial charge in [0, 0.05) is 25.5 Å². The zero-order chi connectivity index (χ0) is 12.1. The fourth-order valence-corrected chi connectivity index (χ4v) is 0.906. The molecule has 0 saturated carbocycles. The van der Waals surface area contributed by atoms with Crippen LogP contribution in [0.2, 0.25) is 0 Å². The summed E-state index contributed by atoms with van der Waals surface area (Å²) in [5, 5.41) is 14.1. The standard InChI is InChI=1S/C10H20N2O3/c1-7(12-8(2)14)9(15)11-5-10(3,4)6-13/h7,13H,5-6H2,1-4H3,(H,11,15)(H,12,14). The number of amides is 2. The third kappa shape index (κ3) is 6.06. The first-order valence-electron chi connectivity index (χ1n) is 4.94. The Balaban J connectivity index is 3.98. The molecule has 0 aliphatic heterocycles. The van der Waals surface area contributed by atoms with E-state index in [9.17, 15) is 9.59 Å². The Hall–Kier alpha value is -1.10. The van der Waals surface area contributed by atoms with Gasteiger partial charge in [0.15, 0.2) is 0 Å². The Bertz CT molecular complexity index is 239. The molecule has 0 aromatic heterocycles. The van der Waals surface area contributed by atoms with Gasteiger partial charge in [0.25, 0.3) is 0 Å². The second-order valence-corrected chi connectivity index (χ2v) is 4.46. The van der Waals surface area contributed by atoms with E-state index in [0.29, 0.717) is 6.54 Å². The molecule has 0 aromatic rings. The van der Waals surface area contributed by atoms with Gasteiger partial charge in [0.1, 0.15) is 6.04 Å². The highest BCUT2D eigenvalue weighted by Gasteiger charge is 2.20. The van der Waals surface area contributed by atoms with Crippen LogP contribution in [-0.4, -0.2) is 36.1 Å². The predicted molar refractivity (Wildman–Crippen MR) is 57.2 cm³/mol. The molecular formula is C10H20N2O3. The van der Waals surface area contributed by atoms with Crippen molar-refractivity contribution in [2.24, 2.45) is 5.41 Å². The van der Waals surface area contributed by atoms with Gasteiger partial charge in [0.2, 0.25) is 11.8 Å². The van der Waals surface area contributed by atoms with Gasteiger partial charge < -0.3 is 15.7 Å². The topological polar surface area (TPSA) is 78.4 Å². The molecule has 0 aliphatic rings. The lowest BCUT2D eigenvalue weighted by Crippen LogP contribution is -2.47. The fourth-order valence-electron chi connectivity index (χ4n) is 0.906. The molecule has 1 unspecified atom stereocenters. The van der Waals surface area contributed by atoms with E-state index >= 15 is 0 Å². The van der Waals surface area contributed by atoms with Crippen LogP contribution in [0, 0.1) is 5.41 Å². The highest BCUT2D eigenvalue weighted by atomic mass is 16.3. The first-order chi connectivity index (χ1) is 6.78. The Morgan fingerprint density at radius 3 is 2.33 bits per heavy atom. The summed E-state index contributed by atoms with van der Waals surface area (Å²) in [6.45, 7) is 7.05. The summed E-state index contributed by atoms with van der Waals surface area (Å²) < 4.78 is 0. The van der Waals surface area contributed by atoms with E-state index in [1.807, 2.05) is 13.8 Å². The second-order valence-electron chi connectivity index (χ2n) is 4.46. The summed E-state index contributed by atoms with van der Waals surface area (Å²) in [5.74, 6) is -0.481. The number of aliphatic hydroxyl groups is 1. The van der Waals surface area contributed by atoms with Gasteiger partial charge in [-0.05, 0) is 6.92 Å². The number of aliphatic hydroxyl groups excluding tert-OH is 1. The molecule has 0 aromatic carbocycles. The second kappa shape index (κ2) is 5.70. The summed E-state index contributed by atoms with van der Waals surface area (Å²) in [6, 6.07) is -0.544. The molecule has 0 fully saturated rings. The molecule has 0 aliphatic carbocycles. The third-order valence-corrected chi connectivity index (χ3v) is 1.98. The molecule has 5 heteroatoms. The van der Waals surface area contributed by atoms with E-state index in [-0.39, 0.29) is 23.8 Å². The van der Waals surface area contributed by atoms with Gasteiger partial charge in [0.05, 0.1) is 0 Å². The molecule has 1 atom stereocenters. The average molecular weight is 216 g/mol. The lowest BCUT2D eigenvalue weighted by molar-refractivity contribution is -0.128. The SMILES string of the molecule is CC(=O)NC(C)C(=O)NCC(C)(C)CO. The lowest BCUT2D eigenvalue weighted by Gasteiger charge is -2.23. The van der Waals surface area contributed by atoms with Crippen LogP contribution in [0.3, 0.4) is 0 Å².